The first-order valence-corrected chi connectivity index (χ1v) is 9.45. The third-order valence-electron chi connectivity index (χ3n) is 5.75. The number of rotatable bonds is 4. The molecule has 2 nitrogen and oxygen atoms in total. The standard InChI is InChI=1S/C20H27ClN2/c1-2-15-3-7-17(8-4-15)19-13-22-20(23-14-19)18-9-5-16(6-10-18)11-12-21/h2,11-18H,1,3-10H2/b12-11+/t15-,16-,17-,18-. The minimum atomic E-state index is 0.528. The molecular weight excluding hydrogens is 304 g/mol. The summed E-state index contributed by atoms with van der Waals surface area (Å²) in [6, 6.07) is 0. The lowest BCUT2D eigenvalue weighted by Gasteiger charge is -2.27. The van der Waals surface area contributed by atoms with Gasteiger partial charge in [-0.15, -0.1) is 6.58 Å². The van der Waals surface area contributed by atoms with E-state index in [-0.39, 0.29) is 0 Å². The molecule has 0 unspecified atom stereocenters. The van der Waals surface area contributed by atoms with Gasteiger partial charge in [-0.2, -0.15) is 0 Å². The summed E-state index contributed by atoms with van der Waals surface area (Å²) in [6.45, 7) is 3.93. The molecule has 2 saturated carbocycles. The van der Waals surface area contributed by atoms with Crippen LogP contribution in [0.25, 0.3) is 0 Å². The van der Waals surface area contributed by atoms with Gasteiger partial charge in [0, 0.05) is 23.8 Å². The van der Waals surface area contributed by atoms with Crippen molar-refractivity contribution in [1.29, 1.82) is 0 Å². The quantitative estimate of drug-likeness (QED) is 0.636. The highest BCUT2D eigenvalue weighted by Gasteiger charge is 2.24. The van der Waals surface area contributed by atoms with Crippen molar-refractivity contribution < 1.29 is 0 Å². The summed E-state index contributed by atoms with van der Waals surface area (Å²) in [5.74, 6) is 3.57. The normalized spacial score (nSPS) is 32.0. The molecule has 2 aliphatic rings. The van der Waals surface area contributed by atoms with Crippen molar-refractivity contribution in [3.05, 3.63) is 48.0 Å². The Kier molecular flexibility index (Phi) is 5.88. The monoisotopic (exact) mass is 330 g/mol. The van der Waals surface area contributed by atoms with Gasteiger partial charge in [-0.05, 0) is 74.7 Å². The van der Waals surface area contributed by atoms with Gasteiger partial charge in [0.05, 0.1) is 0 Å². The zero-order valence-corrected chi connectivity index (χ0v) is 14.6. The molecule has 2 fully saturated rings. The van der Waals surface area contributed by atoms with Crippen LogP contribution in [0.15, 0.2) is 36.7 Å². The highest BCUT2D eigenvalue weighted by atomic mass is 35.5. The molecule has 0 aromatic carbocycles. The van der Waals surface area contributed by atoms with Crippen molar-refractivity contribution in [3.63, 3.8) is 0 Å². The maximum atomic E-state index is 5.69. The molecule has 1 heterocycles. The van der Waals surface area contributed by atoms with Crippen LogP contribution in [-0.2, 0) is 0 Å². The van der Waals surface area contributed by atoms with Crippen LogP contribution >= 0.6 is 11.6 Å². The minimum absolute atomic E-state index is 0.528. The van der Waals surface area contributed by atoms with Crippen LogP contribution in [0.4, 0.5) is 0 Å². The summed E-state index contributed by atoms with van der Waals surface area (Å²) in [6.07, 6.45) is 18.2. The summed E-state index contributed by atoms with van der Waals surface area (Å²) in [4.78, 5) is 9.42. The molecule has 1 aromatic rings. The van der Waals surface area contributed by atoms with Crippen molar-refractivity contribution in [2.45, 2.75) is 63.2 Å². The Morgan fingerprint density at radius 1 is 0.870 bits per heavy atom. The van der Waals surface area contributed by atoms with Crippen LogP contribution in [0.1, 0.15) is 74.6 Å². The van der Waals surface area contributed by atoms with Crippen molar-refractivity contribution >= 4 is 11.6 Å². The van der Waals surface area contributed by atoms with E-state index >= 15 is 0 Å². The first-order chi connectivity index (χ1) is 11.3. The zero-order valence-electron chi connectivity index (χ0n) is 13.8. The second-order valence-electron chi connectivity index (χ2n) is 7.15. The maximum Gasteiger partial charge on any atom is 0.131 e. The van der Waals surface area contributed by atoms with E-state index < -0.39 is 0 Å². The third kappa shape index (κ3) is 4.23. The maximum absolute atomic E-state index is 5.69. The molecule has 1 aromatic heterocycles. The fourth-order valence-electron chi connectivity index (χ4n) is 4.13. The number of allylic oxidation sites excluding steroid dienone is 2. The van der Waals surface area contributed by atoms with Gasteiger partial charge >= 0.3 is 0 Å². The van der Waals surface area contributed by atoms with E-state index in [4.69, 9.17) is 21.6 Å². The summed E-state index contributed by atoms with van der Waals surface area (Å²) in [5, 5.41) is 0. The fourth-order valence-corrected chi connectivity index (χ4v) is 4.34. The lowest BCUT2D eigenvalue weighted by molar-refractivity contribution is 0.363. The van der Waals surface area contributed by atoms with Gasteiger partial charge in [-0.3, -0.25) is 0 Å². The van der Waals surface area contributed by atoms with Gasteiger partial charge in [0.2, 0.25) is 0 Å². The van der Waals surface area contributed by atoms with E-state index in [1.165, 1.54) is 56.9 Å². The molecule has 0 atom stereocenters. The van der Waals surface area contributed by atoms with Crippen LogP contribution in [-0.4, -0.2) is 9.97 Å². The van der Waals surface area contributed by atoms with Crippen LogP contribution in [0.2, 0.25) is 0 Å². The molecule has 0 saturated heterocycles. The number of halogens is 1. The lowest BCUT2D eigenvalue weighted by atomic mass is 9.79. The zero-order chi connectivity index (χ0) is 16.1. The Morgan fingerprint density at radius 2 is 1.43 bits per heavy atom. The average molecular weight is 331 g/mol. The minimum Gasteiger partial charge on any atom is -0.241 e. The predicted octanol–water partition coefficient (Wildman–Crippen LogP) is 5.96. The Balaban J connectivity index is 1.56. The van der Waals surface area contributed by atoms with Gasteiger partial charge < -0.3 is 0 Å². The van der Waals surface area contributed by atoms with Crippen molar-refractivity contribution in [2.75, 3.05) is 0 Å². The first kappa shape index (κ1) is 16.7. The van der Waals surface area contributed by atoms with Crippen LogP contribution in [0, 0.1) is 11.8 Å². The second kappa shape index (κ2) is 8.10. The largest absolute Gasteiger partial charge is 0.241 e. The van der Waals surface area contributed by atoms with Crippen molar-refractivity contribution in [3.8, 4) is 0 Å². The number of hydrogen-bond donors (Lipinski definition) is 0. The van der Waals surface area contributed by atoms with Crippen LogP contribution in [0.3, 0.4) is 0 Å². The van der Waals surface area contributed by atoms with E-state index in [9.17, 15) is 0 Å². The highest BCUT2D eigenvalue weighted by Crippen LogP contribution is 2.37. The average Bonchev–Trinajstić information content (AvgIpc) is 2.63. The van der Waals surface area contributed by atoms with Gasteiger partial charge in [-0.25, -0.2) is 9.97 Å². The molecule has 0 aliphatic heterocycles. The summed E-state index contributed by atoms with van der Waals surface area (Å²) in [7, 11) is 0. The number of aromatic nitrogens is 2. The predicted molar refractivity (Wildman–Crippen MR) is 96.6 cm³/mol. The van der Waals surface area contributed by atoms with Gasteiger partial charge in [-0.1, -0.05) is 23.8 Å². The van der Waals surface area contributed by atoms with E-state index in [0.29, 0.717) is 23.7 Å². The smallest absolute Gasteiger partial charge is 0.131 e. The van der Waals surface area contributed by atoms with E-state index in [1.807, 2.05) is 0 Å². The number of nitrogens with zero attached hydrogens (tertiary/aromatic N) is 2. The molecule has 124 valence electrons. The van der Waals surface area contributed by atoms with Crippen molar-refractivity contribution in [1.82, 2.24) is 9.97 Å². The Labute approximate surface area is 145 Å². The van der Waals surface area contributed by atoms with E-state index in [0.717, 1.165) is 5.82 Å². The summed E-state index contributed by atoms with van der Waals surface area (Å²) in [5.41, 5.74) is 2.99. The molecule has 0 amide bonds. The lowest BCUT2D eigenvalue weighted by Crippen LogP contribution is -2.15. The second-order valence-corrected chi connectivity index (χ2v) is 7.40. The highest BCUT2D eigenvalue weighted by molar-refractivity contribution is 6.25. The Bertz CT molecular complexity index is 521. The molecule has 23 heavy (non-hydrogen) atoms. The summed E-state index contributed by atoms with van der Waals surface area (Å²) < 4.78 is 0. The first-order valence-electron chi connectivity index (χ1n) is 9.01. The summed E-state index contributed by atoms with van der Waals surface area (Å²) >= 11 is 5.69. The molecule has 0 radical (unpaired) electrons. The Morgan fingerprint density at radius 3 is 2.00 bits per heavy atom. The molecule has 0 N–H and O–H groups in total. The van der Waals surface area contributed by atoms with E-state index in [2.05, 4.69) is 31.1 Å². The molecule has 2 aliphatic carbocycles. The number of hydrogen-bond acceptors (Lipinski definition) is 2. The van der Waals surface area contributed by atoms with Crippen molar-refractivity contribution in [2.24, 2.45) is 11.8 Å². The molecular formula is C20H27ClN2. The van der Waals surface area contributed by atoms with Crippen LogP contribution in [0.5, 0.6) is 0 Å². The Hall–Kier alpha value is -1.15. The topological polar surface area (TPSA) is 25.8 Å². The molecule has 0 spiro atoms. The molecule has 3 rings (SSSR count). The third-order valence-corrected chi connectivity index (χ3v) is 5.90. The van der Waals surface area contributed by atoms with Gasteiger partial charge in [0.1, 0.15) is 5.82 Å². The SMILES string of the molecule is C=C[C@H]1CC[C@H](c2cnc([C@H]3CC[C@H](/C=C/Cl)CC3)nc2)CC1. The molecule has 0 bridgehead atoms. The van der Waals surface area contributed by atoms with Gasteiger partial charge in [0.25, 0.3) is 0 Å². The van der Waals surface area contributed by atoms with E-state index in [1.54, 1.807) is 5.54 Å². The molecule has 3 heteroatoms. The van der Waals surface area contributed by atoms with Crippen LogP contribution < -0.4 is 0 Å². The van der Waals surface area contributed by atoms with Gasteiger partial charge in [0.15, 0.2) is 0 Å². The fraction of sp³-hybridized carbons (Fsp3) is 0.600.